The molecule has 2 bridgehead atoms. The SMILES string of the molecule is O=C(Nc1sccc1C(=O)O)NC1CN2CCC1CC2. The molecule has 20 heavy (non-hydrogen) atoms. The number of fused-ring (bicyclic) bond motifs is 3. The molecule has 1 aromatic rings. The molecular formula is C13H17N3O3S. The minimum atomic E-state index is -1.02. The van der Waals surface area contributed by atoms with Crippen LogP contribution in [0.15, 0.2) is 11.4 Å². The fourth-order valence-corrected chi connectivity index (χ4v) is 3.78. The number of nitrogens with zero attached hydrogens (tertiary/aromatic N) is 1. The van der Waals surface area contributed by atoms with E-state index < -0.39 is 5.97 Å². The molecule has 3 N–H and O–H groups in total. The van der Waals surface area contributed by atoms with Gasteiger partial charge in [0.05, 0.1) is 5.56 Å². The van der Waals surface area contributed by atoms with Crippen LogP contribution in [0.5, 0.6) is 0 Å². The second-order valence-corrected chi connectivity index (χ2v) is 6.23. The van der Waals surface area contributed by atoms with Crippen LogP contribution in [0.3, 0.4) is 0 Å². The van der Waals surface area contributed by atoms with Gasteiger partial charge in [-0.3, -0.25) is 5.32 Å². The summed E-state index contributed by atoms with van der Waals surface area (Å²) in [5, 5.41) is 16.7. The van der Waals surface area contributed by atoms with Crippen molar-refractivity contribution in [1.82, 2.24) is 10.2 Å². The number of hydrogen-bond donors (Lipinski definition) is 3. The van der Waals surface area contributed by atoms with Gasteiger partial charge in [-0.05, 0) is 43.3 Å². The van der Waals surface area contributed by atoms with Gasteiger partial charge in [0.25, 0.3) is 0 Å². The maximum Gasteiger partial charge on any atom is 0.338 e. The molecule has 0 radical (unpaired) electrons. The molecule has 108 valence electrons. The van der Waals surface area contributed by atoms with Crippen molar-refractivity contribution in [2.45, 2.75) is 18.9 Å². The first-order chi connectivity index (χ1) is 9.63. The van der Waals surface area contributed by atoms with Crippen molar-refractivity contribution in [2.75, 3.05) is 25.0 Å². The van der Waals surface area contributed by atoms with Gasteiger partial charge in [0.15, 0.2) is 0 Å². The highest BCUT2D eigenvalue weighted by Gasteiger charge is 2.34. The van der Waals surface area contributed by atoms with E-state index in [9.17, 15) is 9.59 Å². The van der Waals surface area contributed by atoms with E-state index >= 15 is 0 Å². The van der Waals surface area contributed by atoms with Crippen LogP contribution in [0.2, 0.25) is 0 Å². The molecule has 0 spiro atoms. The molecule has 3 fully saturated rings. The number of thiophene rings is 1. The normalized spacial score (nSPS) is 28.1. The predicted octanol–water partition coefficient (Wildman–Crippen LogP) is 1.66. The van der Waals surface area contributed by atoms with Gasteiger partial charge >= 0.3 is 12.0 Å². The molecule has 3 aliphatic rings. The maximum absolute atomic E-state index is 12.0. The number of anilines is 1. The Bertz CT molecular complexity index is 523. The van der Waals surface area contributed by atoms with E-state index in [-0.39, 0.29) is 17.6 Å². The molecule has 6 nitrogen and oxygen atoms in total. The van der Waals surface area contributed by atoms with E-state index in [0.717, 1.165) is 32.5 Å². The number of carbonyl (C=O) groups is 2. The third-order valence-electron chi connectivity index (χ3n) is 4.10. The highest BCUT2D eigenvalue weighted by atomic mass is 32.1. The largest absolute Gasteiger partial charge is 0.478 e. The molecular weight excluding hydrogens is 278 g/mol. The Morgan fingerprint density at radius 1 is 1.35 bits per heavy atom. The van der Waals surface area contributed by atoms with E-state index in [1.807, 2.05) is 0 Å². The Morgan fingerprint density at radius 2 is 2.10 bits per heavy atom. The average molecular weight is 295 g/mol. The standard InChI is InChI=1S/C13H17N3O3S/c17-12(18)9-3-6-20-11(9)15-13(19)14-10-7-16-4-1-8(10)2-5-16/h3,6,8,10H,1-2,4-5,7H2,(H,17,18)(H2,14,15,19). The van der Waals surface area contributed by atoms with Crippen LogP contribution in [-0.2, 0) is 0 Å². The van der Waals surface area contributed by atoms with Crippen LogP contribution in [-0.4, -0.2) is 47.7 Å². The molecule has 3 saturated heterocycles. The van der Waals surface area contributed by atoms with E-state index in [1.54, 1.807) is 5.38 Å². The first kappa shape index (κ1) is 13.4. The van der Waals surface area contributed by atoms with E-state index in [4.69, 9.17) is 5.11 Å². The third kappa shape index (κ3) is 2.64. The lowest BCUT2D eigenvalue weighted by atomic mass is 9.84. The van der Waals surface area contributed by atoms with Gasteiger partial charge in [-0.15, -0.1) is 11.3 Å². The van der Waals surface area contributed by atoms with E-state index in [0.29, 0.717) is 10.9 Å². The second kappa shape index (κ2) is 5.41. The molecule has 7 heteroatoms. The fraction of sp³-hybridized carbons (Fsp3) is 0.538. The van der Waals surface area contributed by atoms with Crippen molar-refractivity contribution in [3.05, 3.63) is 17.0 Å². The van der Waals surface area contributed by atoms with Crippen molar-refractivity contribution in [3.8, 4) is 0 Å². The Balaban J connectivity index is 1.60. The lowest BCUT2D eigenvalue weighted by Gasteiger charge is -2.44. The zero-order chi connectivity index (χ0) is 14.1. The predicted molar refractivity (Wildman–Crippen MR) is 76.4 cm³/mol. The molecule has 0 saturated carbocycles. The number of carboxylic acids is 1. The smallest absolute Gasteiger partial charge is 0.338 e. The summed E-state index contributed by atoms with van der Waals surface area (Å²) in [5.74, 6) is -0.475. The summed E-state index contributed by atoms with van der Waals surface area (Å²) in [6, 6.07) is 1.36. The summed E-state index contributed by atoms with van der Waals surface area (Å²) < 4.78 is 0. The maximum atomic E-state index is 12.0. The van der Waals surface area contributed by atoms with Crippen LogP contribution in [0.25, 0.3) is 0 Å². The summed E-state index contributed by atoms with van der Waals surface area (Å²) in [4.78, 5) is 25.3. The Kier molecular flexibility index (Phi) is 3.62. The van der Waals surface area contributed by atoms with Crippen molar-refractivity contribution in [2.24, 2.45) is 5.92 Å². The summed E-state index contributed by atoms with van der Waals surface area (Å²) in [6.07, 6.45) is 2.26. The molecule has 1 atom stereocenters. The number of carboxylic acid groups (broad SMARTS) is 1. The van der Waals surface area contributed by atoms with Crippen LogP contribution < -0.4 is 10.6 Å². The van der Waals surface area contributed by atoms with Gasteiger partial charge in [-0.25, -0.2) is 9.59 Å². The highest BCUT2D eigenvalue weighted by molar-refractivity contribution is 7.14. The zero-order valence-electron chi connectivity index (χ0n) is 11.0. The van der Waals surface area contributed by atoms with Crippen LogP contribution >= 0.6 is 11.3 Å². The molecule has 2 amide bonds. The van der Waals surface area contributed by atoms with Gasteiger partial charge < -0.3 is 15.3 Å². The highest BCUT2D eigenvalue weighted by Crippen LogP contribution is 2.28. The summed E-state index contributed by atoms with van der Waals surface area (Å²) in [5.41, 5.74) is 0.138. The lowest BCUT2D eigenvalue weighted by molar-refractivity contribution is 0.0698. The lowest BCUT2D eigenvalue weighted by Crippen LogP contribution is -2.57. The van der Waals surface area contributed by atoms with E-state index in [2.05, 4.69) is 15.5 Å². The van der Waals surface area contributed by atoms with Crippen LogP contribution in [0, 0.1) is 5.92 Å². The average Bonchev–Trinajstić information content (AvgIpc) is 2.88. The topological polar surface area (TPSA) is 81.7 Å². The number of amides is 2. The van der Waals surface area contributed by atoms with Crippen LogP contribution in [0.4, 0.5) is 9.80 Å². The first-order valence-electron chi connectivity index (χ1n) is 6.74. The molecule has 0 aliphatic carbocycles. The Hall–Kier alpha value is -1.60. The quantitative estimate of drug-likeness (QED) is 0.792. The minimum absolute atomic E-state index is 0.138. The first-order valence-corrected chi connectivity index (χ1v) is 7.62. The van der Waals surface area contributed by atoms with Gasteiger partial charge in [-0.2, -0.15) is 0 Å². The Labute approximate surface area is 120 Å². The molecule has 1 aromatic heterocycles. The zero-order valence-corrected chi connectivity index (χ0v) is 11.8. The summed E-state index contributed by atoms with van der Waals surface area (Å²) >= 11 is 1.22. The Morgan fingerprint density at radius 3 is 2.70 bits per heavy atom. The number of carbonyl (C=O) groups excluding carboxylic acids is 1. The molecule has 1 unspecified atom stereocenters. The molecule has 0 aromatic carbocycles. The summed E-state index contributed by atoms with van der Waals surface area (Å²) in [6.45, 7) is 3.14. The van der Waals surface area contributed by atoms with E-state index in [1.165, 1.54) is 17.4 Å². The number of rotatable bonds is 3. The van der Waals surface area contributed by atoms with Crippen LogP contribution in [0.1, 0.15) is 23.2 Å². The number of urea groups is 1. The number of nitrogens with one attached hydrogen (secondary N) is 2. The van der Waals surface area contributed by atoms with Gasteiger partial charge in [0.1, 0.15) is 5.00 Å². The minimum Gasteiger partial charge on any atom is -0.478 e. The monoisotopic (exact) mass is 295 g/mol. The van der Waals surface area contributed by atoms with Gasteiger partial charge in [0, 0.05) is 12.6 Å². The summed E-state index contributed by atoms with van der Waals surface area (Å²) in [7, 11) is 0. The molecule has 4 heterocycles. The number of aromatic carboxylic acids is 1. The van der Waals surface area contributed by atoms with Crippen molar-refractivity contribution in [1.29, 1.82) is 0 Å². The number of hydrogen-bond acceptors (Lipinski definition) is 4. The molecule has 4 rings (SSSR count). The fourth-order valence-electron chi connectivity index (χ4n) is 3.01. The number of piperidine rings is 3. The second-order valence-electron chi connectivity index (χ2n) is 5.31. The van der Waals surface area contributed by atoms with Gasteiger partial charge in [-0.1, -0.05) is 0 Å². The van der Waals surface area contributed by atoms with Crippen molar-refractivity contribution in [3.63, 3.8) is 0 Å². The van der Waals surface area contributed by atoms with Gasteiger partial charge in [0.2, 0.25) is 0 Å². The van der Waals surface area contributed by atoms with Crippen molar-refractivity contribution >= 4 is 28.3 Å². The van der Waals surface area contributed by atoms with Crippen molar-refractivity contribution < 1.29 is 14.7 Å². The molecule has 3 aliphatic heterocycles. The third-order valence-corrected chi connectivity index (χ3v) is 4.93.